The van der Waals surface area contributed by atoms with E-state index in [2.05, 4.69) is 0 Å². The van der Waals surface area contributed by atoms with E-state index in [4.69, 9.17) is 0 Å². The highest BCUT2D eigenvalue weighted by Gasteiger charge is 2.54. The van der Waals surface area contributed by atoms with Crippen LogP contribution in [0.5, 0.6) is 0 Å². The number of hydrogen-bond donors (Lipinski definition) is 0. The third-order valence-corrected chi connectivity index (χ3v) is 7.11. The van der Waals surface area contributed by atoms with Crippen molar-refractivity contribution in [2.75, 3.05) is 0 Å². The van der Waals surface area contributed by atoms with E-state index in [1.165, 1.54) is 5.92 Å². The van der Waals surface area contributed by atoms with Gasteiger partial charge in [0.2, 0.25) is 0 Å². The predicted octanol–water partition coefficient (Wildman–Crippen LogP) is 5.17. The van der Waals surface area contributed by atoms with E-state index in [1.807, 2.05) is 0 Å². The summed E-state index contributed by atoms with van der Waals surface area (Å²) >= 11 is 0. The third kappa shape index (κ3) is 1.62. The van der Waals surface area contributed by atoms with Gasteiger partial charge in [-0.05, 0) is 61.2 Å². The molecule has 0 heterocycles. The van der Waals surface area contributed by atoms with Crippen LogP contribution < -0.4 is 0 Å². The van der Waals surface area contributed by atoms with E-state index in [1.54, 1.807) is 77.0 Å². The van der Waals surface area contributed by atoms with Crippen LogP contribution >= 0.6 is 0 Å². The molecule has 4 unspecified atom stereocenters. The lowest BCUT2D eigenvalue weighted by molar-refractivity contribution is 0.126. The fraction of sp³-hybridized carbons (Fsp3) is 1.00. The van der Waals surface area contributed by atoms with Gasteiger partial charge in [0, 0.05) is 0 Å². The molecular formula is C17H28. The lowest BCUT2D eigenvalue weighted by Gasteiger charge is -2.37. The first-order chi connectivity index (χ1) is 8.37. The fourth-order valence-electron chi connectivity index (χ4n) is 6.47. The quantitative estimate of drug-likeness (QED) is 0.540. The maximum Gasteiger partial charge on any atom is -0.0261 e. The Hall–Kier alpha value is 0. The molecular weight excluding hydrogens is 204 g/mol. The summed E-state index contributed by atoms with van der Waals surface area (Å²) in [5.74, 6) is 4.64. The van der Waals surface area contributed by atoms with Crippen molar-refractivity contribution >= 4 is 0 Å². The number of fused-ring (bicyclic) bond motifs is 3. The Kier molecular flexibility index (Phi) is 2.56. The second-order valence-electron chi connectivity index (χ2n) is 7.76. The van der Waals surface area contributed by atoms with Crippen molar-refractivity contribution in [1.82, 2.24) is 0 Å². The van der Waals surface area contributed by atoms with E-state index in [0.717, 1.165) is 23.2 Å². The van der Waals surface area contributed by atoms with Crippen LogP contribution in [0.15, 0.2) is 0 Å². The van der Waals surface area contributed by atoms with Crippen LogP contribution in [0.2, 0.25) is 0 Å². The highest BCUT2D eigenvalue weighted by Crippen LogP contribution is 2.64. The molecule has 4 saturated carbocycles. The van der Waals surface area contributed by atoms with Gasteiger partial charge >= 0.3 is 0 Å². The minimum atomic E-state index is 0.866. The van der Waals surface area contributed by atoms with Crippen molar-refractivity contribution in [1.29, 1.82) is 0 Å². The van der Waals surface area contributed by atoms with Gasteiger partial charge in [-0.3, -0.25) is 0 Å². The zero-order valence-electron chi connectivity index (χ0n) is 11.3. The van der Waals surface area contributed by atoms with E-state index >= 15 is 0 Å². The van der Waals surface area contributed by atoms with E-state index < -0.39 is 0 Å². The molecule has 0 aliphatic heterocycles. The zero-order valence-corrected chi connectivity index (χ0v) is 11.3. The largest absolute Gasteiger partial charge is 0.0530 e. The maximum absolute atomic E-state index is 1.65. The Morgan fingerprint density at radius 2 is 1.18 bits per heavy atom. The first kappa shape index (κ1) is 10.9. The van der Waals surface area contributed by atoms with Gasteiger partial charge in [-0.1, -0.05) is 44.9 Å². The SMILES string of the molecule is C1CCC2CC3(CCC4CCCCC43)CC2C1. The van der Waals surface area contributed by atoms with E-state index in [9.17, 15) is 0 Å². The summed E-state index contributed by atoms with van der Waals surface area (Å²) in [6, 6.07) is 0. The smallest absolute Gasteiger partial charge is 0.0261 e. The summed E-state index contributed by atoms with van der Waals surface area (Å²) in [5, 5.41) is 0. The second-order valence-corrected chi connectivity index (χ2v) is 7.76. The summed E-state index contributed by atoms with van der Waals surface area (Å²) < 4.78 is 0. The van der Waals surface area contributed by atoms with E-state index in [0.29, 0.717) is 0 Å². The highest BCUT2D eigenvalue weighted by atomic mass is 14.6. The van der Waals surface area contributed by atoms with E-state index in [-0.39, 0.29) is 0 Å². The second kappa shape index (κ2) is 4.00. The molecule has 4 aliphatic carbocycles. The topological polar surface area (TPSA) is 0 Å². The number of hydrogen-bond acceptors (Lipinski definition) is 0. The average Bonchev–Trinajstić information content (AvgIpc) is 2.92. The molecule has 0 saturated heterocycles. The van der Waals surface area contributed by atoms with Crippen LogP contribution in [0.25, 0.3) is 0 Å². The molecule has 4 fully saturated rings. The normalized spacial score (nSPS) is 53.6. The molecule has 0 N–H and O–H groups in total. The Balaban J connectivity index is 1.57. The molecule has 17 heavy (non-hydrogen) atoms. The summed E-state index contributed by atoms with van der Waals surface area (Å²) in [4.78, 5) is 0. The molecule has 0 nitrogen and oxygen atoms in total. The highest BCUT2D eigenvalue weighted by molar-refractivity contribution is 5.05. The van der Waals surface area contributed by atoms with Gasteiger partial charge in [0.1, 0.15) is 0 Å². The predicted molar refractivity (Wildman–Crippen MR) is 71.8 cm³/mol. The van der Waals surface area contributed by atoms with Crippen molar-refractivity contribution in [2.45, 2.75) is 77.0 Å². The molecule has 4 rings (SSSR count). The molecule has 96 valence electrons. The molecule has 4 aliphatic rings. The van der Waals surface area contributed by atoms with Gasteiger partial charge in [-0.15, -0.1) is 0 Å². The van der Waals surface area contributed by atoms with Crippen LogP contribution in [0.1, 0.15) is 77.0 Å². The lowest BCUT2D eigenvalue weighted by atomic mass is 9.68. The Morgan fingerprint density at radius 3 is 1.88 bits per heavy atom. The molecule has 0 bridgehead atoms. The molecule has 0 aromatic rings. The number of rotatable bonds is 0. The molecule has 0 aromatic heterocycles. The van der Waals surface area contributed by atoms with Gasteiger partial charge < -0.3 is 0 Å². The Morgan fingerprint density at radius 1 is 0.588 bits per heavy atom. The summed E-state index contributed by atoms with van der Waals surface area (Å²) in [6.45, 7) is 0. The first-order valence-electron chi connectivity index (χ1n) is 8.37. The lowest BCUT2D eigenvalue weighted by Crippen LogP contribution is -2.28. The minimum absolute atomic E-state index is 0.866. The summed E-state index contributed by atoms with van der Waals surface area (Å²) in [6.07, 6.45) is 19.1. The minimum Gasteiger partial charge on any atom is -0.0530 e. The summed E-state index contributed by atoms with van der Waals surface area (Å²) in [7, 11) is 0. The molecule has 0 amide bonds. The average molecular weight is 232 g/mol. The van der Waals surface area contributed by atoms with Gasteiger partial charge in [0.25, 0.3) is 0 Å². The molecule has 0 radical (unpaired) electrons. The van der Waals surface area contributed by atoms with Crippen LogP contribution in [0, 0.1) is 29.1 Å². The third-order valence-electron chi connectivity index (χ3n) is 7.11. The molecule has 0 aromatic carbocycles. The molecule has 4 atom stereocenters. The summed E-state index contributed by atoms with van der Waals surface area (Å²) in [5.41, 5.74) is 0.866. The van der Waals surface area contributed by atoms with Crippen LogP contribution in [-0.2, 0) is 0 Å². The fourth-order valence-corrected chi connectivity index (χ4v) is 6.47. The Bertz CT molecular complexity index is 278. The van der Waals surface area contributed by atoms with Gasteiger partial charge in [0.15, 0.2) is 0 Å². The molecule has 0 heteroatoms. The van der Waals surface area contributed by atoms with Crippen LogP contribution in [0.4, 0.5) is 0 Å². The zero-order chi connectivity index (χ0) is 11.3. The van der Waals surface area contributed by atoms with Crippen molar-refractivity contribution in [3.8, 4) is 0 Å². The van der Waals surface area contributed by atoms with Crippen molar-refractivity contribution in [3.63, 3.8) is 0 Å². The van der Waals surface area contributed by atoms with Crippen molar-refractivity contribution < 1.29 is 0 Å². The van der Waals surface area contributed by atoms with Gasteiger partial charge in [-0.2, -0.15) is 0 Å². The maximum atomic E-state index is 1.65. The van der Waals surface area contributed by atoms with Crippen LogP contribution in [0.3, 0.4) is 0 Å². The first-order valence-corrected chi connectivity index (χ1v) is 8.37. The molecule has 1 spiro atoms. The van der Waals surface area contributed by atoms with Crippen molar-refractivity contribution in [2.24, 2.45) is 29.1 Å². The van der Waals surface area contributed by atoms with Gasteiger partial charge in [-0.25, -0.2) is 0 Å². The van der Waals surface area contributed by atoms with Gasteiger partial charge in [0.05, 0.1) is 0 Å². The van der Waals surface area contributed by atoms with Crippen LogP contribution in [-0.4, -0.2) is 0 Å². The Labute approximate surface area is 107 Å². The standard InChI is InChI=1S/C17H28/c1-2-7-15-12-17(11-14(15)6-1)10-9-13-5-3-4-8-16(13)17/h13-16H,1-12H2. The van der Waals surface area contributed by atoms with Crippen molar-refractivity contribution in [3.05, 3.63) is 0 Å². The monoisotopic (exact) mass is 232 g/mol.